The molecule has 0 spiro atoms. The van der Waals surface area contributed by atoms with Crippen LogP contribution in [0.3, 0.4) is 0 Å². The lowest BCUT2D eigenvalue weighted by atomic mass is 9.86. The molecule has 0 radical (unpaired) electrons. The summed E-state index contributed by atoms with van der Waals surface area (Å²) in [5, 5.41) is 19.6. The number of amides is 1. The van der Waals surface area contributed by atoms with Gasteiger partial charge >= 0.3 is 5.97 Å². The first kappa shape index (κ1) is 14.5. The minimum atomic E-state index is -0.991. The van der Waals surface area contributed by atoms with Crippen molar-refractivity contribution in [3.63, 3.8) is 0 Å². The lowest BCUT2D eigenvalue weighted by molar-refractivity contribution is -0.169. The number of aliphatic hydroxyl groups excluding tert-OH is 1. The molecule has 2 saturated heterocycles. The van der Waals surface area contributed by atoms with Crippen LogP contribution >= 0.6 is 11.8 Å². The Kier molecular flexibility index (Phi) is 3.11. The molecule has 7 heteroatoms. The summed E-state index contributed by atoms with van der Waals surface area (Å²) in [7, 11) is 1.81. The minimum absolute atomic E-state index is 0.279. The number of carbonyl (C=O) groups is 2. The molecule has 2 N–H and O–H groups in total. The third-order valence-electron chi connectivity index (χ3n) is 4.34. The number of β-lactam (4-membered cyclic amide) rings is 1. The van der Waals surface area contributed by atoms with Gasteiger partial charge in [-0.2, -0.15) is 0 Å². The Labute approximate surface area is 126 Å². The highest BCUT2D eigenvalue weighted by molar-refractivity contribution is 8.01. The first-order valence-electron chi connectivity index (χ1n) is 6.78. The number of nitrogens with zero attached hydrogens (tertiary/aromatic N) is 2. The van der Waals surface area contributed by atoms with Crippen LogP contribution in [0.25, 0.3) is 0 Å². The van der Waals surface area contributed by atoms with E-state index in [-0.39, 0.29) is 11.3 Å². The molecule has 0 bridgehead atoms. The van der Waals surface area contributed by atoms with Crippen molar-refractivity contribution in [3.05, 3.63) is 24.0 Å². The zero-order chi connectivity index (χ0) is 15.5. The fourth-order valence-electron chi connectivity index (χ4n) is 3.30. The molecule has 114 valence electrons. The monoisotopic (exact) mass is 310 g/mol. The molecule has 6 nitrogen and oxygen atoms in total. The number of aryl methyl sites for hydroxylation is 1. The van der Waals surface area contributed by atoms with Crippen LogP contribution in [0.1, 0.15) is 25.6 Å². The third-order valence-corrected chi connectivity index (χ3v) is 5.94. The molecule has 0 aliphatic carbocycles. The van der Waals surface area contributed by atoms with Crippen molar-refractivity contribution in [2.45, 2.75) is 36.1 Å². The number of carboxylic acids is 1. The van der Waals surface area contributed by atoms with Crippen LogP contribution in [0, 0.1) is 5.92 Å². The van der Waals surface area contributed by atoms with Crippen molar-refractivity contribution < 1.29 is 19.8 Å². The van der Waals surface area contributed by atoms with Gasteiger partial charge in [0.2, 0.25) is 5.91 Å². The molecule has 1 amide bonds. The maximum absolute atomic E-state index is 12.4. The molecule has 21 heavy (non-hydrogen) atoms. The van der Waals surface area contributed by atoms with Crippen molar-refractivity contribution in [3.8, 4) is 0 Å². The third kappa shape index (κ3) is 1.91. The zero-order valence-corrected chi connectivity index (χ0v) is 12.9. The molecule has 2 fully saturated rings. The minimum Gasteiger partial charge on any atom is -0.480 e. The summed E-state index contributed by atoms with van der Waals surface area (Å²) in [5.74, 6) is -1.85. The summed E-state index contributed by atoms with van der Waals surface area (Å²) in [6.45, 7) is 3.65. The van der Waals surface area contributed by atoms with E-state index in [1.165, 1.54) is 16.7 Å². The highest BCUT2D eigenvalue weighted by Gasteiger charge is 2.65. The number of rotatable bonds is 3. The first-order valence-corrected chi connectivity index (χ1v) is 7.66. The Morgan fingerprint density at radius 3 is 2.67 bits per heavy atom. The van der Waals surface area contributed by atoms with E-state index in [4.69, 9.17) is 0 Å². The second-order valence-electron chi connectivity index (χ2n) is 6.11. The molecule has 2 aliphatic rings. The predicted molar refractivity (Wildman–Crippen MR) is 77.6 cm³/mol. The van der Waals surface area contributed by atoms with E-state index < -0.39 is 28.8 Å². The summed E-state index contributed by atoms with van der Waals surface area (Å²) < 4.78 is 1.22. The van der Waals surface area contributed by atoms with E-state index in [0.29, 0.717) is 5.69 Å². The Hall–Kier alpha value is -1.47. The van der Waals surface area contributed by atoms with Crippen molar-refractivity contribution >= 4 is 23.6 Å². The number of carboxylic acid groups (broad SMARTS) is 1. The molecule has 2 aliphatic heterocycles. The molecule has 1 unspecified atom stereocenters. The van der Waals surface area contributed by atoms with Crippen LogP contribution in [0.2, 0.25) is 0 Å². The van der Waals surface area contributed by atoms with Crippen LogP contribution < -0.4 is 0 Å². The molecule has 0 saturated carbocycles. The molecule has 1 aromatic heterocycles. The van der Waals surface area contributed by atoms with Gasteiger partial charge < -0.3 is 19.7 Å². The molecule has 0 aromatic carbocycles. The van der Waals surface area contributed by atoms with Crippen molar-refractivity contribution in [2.24, 2.45) is 13.0 Å². The number of thioether (sulfide) groups is 1. The van der Waals surface area contributed by atoms with Gasteiger partial charge in [-0.25, -0.2) is 4.79 Å². The van der Waals surface area contributed by atoms with Gasteiger partial charge in [0, 0.05) is 23.7 Å². The number of hydrogen-bond acceptors (Lipinski definition) is 4. The number of aromatic nitrogens is 1. The Balaban J connectivity index is 1.88. The Bertz CT molecular complexity index is 612. The van der Waals surface area contributed by atoms with Crippen LogP contribution in [0.4, 0.5) is 0 Å². The summed E-state index contributed by atoms with van der Waals surface area (Å²) in [6, 6.07) is 2.75. The van der Waals surface area contributed by atoms with E-state index in [1.54, 1.807) is 10.6 Å². The van der Waals surface area contributed by atoms with E-state index >= 15 is 0 Å². The first-order chi connectivity index (χ1) is 9.75. The number of aliphatic hydroxyl groups is 1. The number of fused-ring (bicyclic) bond motifs is 1. The molecule has 1 aromatic rings. The normalized spacial score (nSPS) is 31.7. The van der Waals surface area contributed by atoms with Crippen LogP contribution in [0.5, 0.6) is 0 Å². The molecule has 3 rings (SSSR count). The number of carbonyl (C=O) groups excluding carboxylic acids is 1. The fourth-order valence-corrected chi connectivity index (χ4v) is 5.01. The lowest BCUT2D eigenvalue weighted by Gasteiger charge is -2.45. The van der Waals surface area contributed by atoms with Gasteiger partial charge in [0.05, 0.1) is 11.3 Å². The highest BCUT2D eigenvalue weighted by atomic mass is 32.2. The van der Waals surface area contributed by atoms with E-state index in [9.17, 15) is 19.8 Å². The van der Waals surface area contributed by atoms with Crippen LogP contribution in [-0.4, -0.2) is 47.7 Å². The zero-order valence-electron chi connectivity index (χ0n) is 12.1. The van der Waals surface area contributed by atoms with Crippen molar-refractivity contribution in [1.82, 2.24) is 9.47 Å². The van der Waals surface area contributed by atoms with E-state index in [1.807, 2.05) is 33.2 Å². The van der Waals surface area contributed by atoms with E-state index in [2.05, 4.69) is 0 Å². The Morgan fingerprint density at radius 2 is 2.14 bits per heavy atom. The largest absolute Gasteiger partial charge is 0.480 e. The topological polar surface area (TPSA) is 82.8 Å². The Morgan fingerprint density at radius 1 is 1.48 bits per heavy atom. The van der Waals surface area contributed by atoms with E-state index in [0.717, 1.165) is 0 Å². The molecular weight excluding hydrogens is 292 g/mol. The molecule has 3 heterocycles. The maximum Gasteiger partial charge on any atom is 0.327 e. The molecule has 4 atom stereocenters. The van der Waals surface area contributed by atoms with Gasteiger partial charge in [0.15, 0.2) is 0 Å². The second-order valence-corrected chi connectivity index (χ2v) is 7.88. The number of hydrogen-bond donors (Lipinski definition) is 2. The summed E-state index contributed by atoms with van der Waals surface area (Å²) in [4.78, 5) is 25.2. The lowest BCUT2D eigenvalue weighted by Crippen LogP contribution is -2.64. The summed E-state index contributed by atoms with van der Waals surface area (Å²) in [5.41, 5.74) is 0.671. The standard InChI is InChI=1S/C14H18N2O4S/c1-14(2)10(13(19)20)16-11(18)8(12(16)21-14)9(17)7-5-4-6-15(7)3/h4-6,8-10,12,17H,1-3H3,(H,19,20)/t8-,9?,10-,12+/m0/s1. The van der Waals surface area contributed by atoms with Gasteiger partial charge in [-0.3, -0.25) is 4.79 Å². The van der Waals surface area contributed by atoms with Gasteiger partial charge in [-0.05, 0) is 26.0 Å². The quantitative estimate of drug-likeness (QED) is 0.808. The second kappa shape index (κ2) is 4.51. The van der Waals surface area contributed by atoms with Gasteiger partial charge in [-0.15, -0.1) is 11.8 Å². The van der Waals surface area contributed by atoms with Gasteiger partial charge in [0.25, 0.3) is 0 Å². The fraction of sp³-hybridized carbons (Fsp3) is 0.571. The summed E-state index contributed by atoms with van der Waals surface area (Å²) in [6.07, 6.45) is 0.903. The van der Waals surface area contributed by atoms with Crippen LogP contribution in [0.15, 0.2) is 18.3 Å². The predicted octanol–water partition coefficient (Wildman–Crippen LogP) is 0.822. The average molecular weight is 310 g/mol. The summed E-state index contributed by atoms with van der Waals surface area (Å²) >= 11 is 1.45. The van der Waals surface area contributed by atoms with Gasteiger partial charge in [0.1, 0.15) is 12.1 Å². The van der Waals surface area contributed by atoms with Crippen molar-refractivity contribution in [2.75, 3.05) is 0 Å². The van der Waals surface area contributed by atoms with Gasteiger partial charge in [-0.1, -0.05) is 0 Å². The molecular formula is C14H18N2O4S. The SMILES string of the molecule is Cn1cccc1C(O)[C@H]1C(=O)N2[C@@H]1SC(C)(C)[C@@H]2C(=O)O. The van der Waals surface area contributed by atoms with Crippen LogP contribution in [-0.2, 0) is 16.6 Å². The smallest absolute Gasteiger partial charge is 0.327 e. The number of aliphatic carboxylic acids is 1. The average Bonchev–Trinajstić information content (AvgIpc) is 2.89. The maximum atomic E-state index is 12.4. The highest BCUT2D eigenvalue weighted by Crippen LogP contribution is 2.55. The van der Waals surface area contributed by atoms with Crippen molar-refractivity contribution in [1.29, 1.82) is 0 Å².